The Kier molecular flexibility index (Phi) is 9.84. The maximum atomic E-state index is 3.83. The average molecular weight is 351 g/mol. The molecule has 2 aliphatic rings. The summed E-state index contributed by atoms with van der Waals surface area (Å²) in [6.07, 6.45) is 15.5. The van der Waals surface area contributed by atoms with Crippen molar-refractivity contribution in [3.63, 3.8) is 0 Å². The molecule has 2 heteroatoms. The summed E-state index contributed by atoms with van der Waals surface area (Å²) in [5, 5.41) is 7.65. The number of rotatable bonds is 10. The van der Waals surface area contributed by atoms with Crippen LogP contribution in [-0.4, -0.2) is 25.2 Å². The Balaban J connectivity index is 1.66. The molecule has 0 amide bonds. The Morgan fingerprint density at radius 1 is 0.680 bits per heavy atom. The largest absolute Gasteiger partial charge is 0.314 e. The zero-order chi connectivity index (χ0) is 18.1. The molecule has 2 saturated carbocycles. The minimum Gasteiger partial charge on any atom is -0.314 e. The predicted octanol–water partition coefficient (Wildman–Crippen LogP) is 5.77. The van der Waals surface area contributed by atoms with E-state index in [0.29, 0.717) is 0 Å². The SMILES string of the molecule is CCCCNC1CCC(CC2CCC(NCCCC)C(C)C2)CC1C. The fourth-order valence-corrected chi connectivity index (χ4v) is 5.45. The van der Waals surface area contributed by atoms with Crippen LogP contribution in [-0.2, 0) is 0 Å². The Labute approximate surface area is 158 Å². The van der Waals surface area contributed by atoms with Crippen molar-refractivity contribution in [2.24, 2.45) is 23.7 Å². The van der Waals surface area contributed by atoms with Crippen molar-refractivity contribution in [1.29, 1.82) is 0 Å². The monoisotopic (exact) mass is 350 g/mol. The van der Waals surface area contributed by atoms with Crippen LogP contribution in [0.3, 0.4) is 0 Å². The maximum Gasteiger partial charge on any atom is 0.00928 e. The molecule has 0 bridgehead atoms. The van der Waals surface area contributed by atoms with Crippen LogP contribution in [0.15, 0.2) is 0 Å². The lowest BCUT2D eigenvalue weighted by atomic mass is 9.70. The first-order chi connectivity index (χ1) is 12.1. The number of hydrogen-bond acceptors (Lipinski definition) is 2. The lowest BCUT2D eigenvalue weighted by Crippen LogP contribution is -2.41. The molecule has 0 aliphatic heterocycles. The third-order valence-corrected chi connectivity index (χ3v) is 7.10. The van der Waals surface area contributed by atoms with Crippen LogP contribution >= 0.6 is 0 Å². The van der Waals surface area contributed by atoms with Gasteiger partial charge in [0.1, 0.15) is 0 Å². The van der Waals surface area contributed by atoms with Gasteiger partial charge in [-0.15, -0.1) is 0 Å². The molecule has 2 nitrogen and oxygen atoms in total. The van der Waals surface area contributed by atoms with Gasteiger partial charge in [-0.3, -0.25) is 0 Å². The molecule has 0 saturated heterocycles. The van der Waals surface area contributed by atoms with E-state index < -0.39 is 0 Å². The smallest absolute Gasteiger partial charge is 0.00928 e. The molecule has 2 rings (SSSR count). The van der Waals surface area contributed by atoms with Crippen LogP contribution in [0.1, 0.15) is 98.3 Å². The van der Waals surface area contributed by atoms with E-state index in [4.69, 9.17) is 0 Å². The van der Waals surface area contributed by atoms with Crippen molar-refractivity contribution in [3.05, 3.63) is 0 Å². The molecule has 6 unspecified atom stereocenters. The van der Waals surface area contributed by atoms with E-state index >= 15 is 0 Å². The van der Waals surface area contributed by atoms with E-state index in [-0.39, 0.29) is 0 Å². The normalized spacial score (nSPS) is 36.5. The second kappa shape index (κ2) is 11.6. The Bertz CT molecular complexity index is 311. The fourth-order valence-electron chi connectivity index (χ4n) is 5.45. The highest BCUT2D eigenvalue weighted by molar-refractivity contribution is 4.87. The lowest BCUT2D eigenvalue weighted by Gasteiger charge is -2.39. The van der Waals surface area contributed by atoms with Crippen LogP contribution < -0.4 is 10.6 Å². The third-order valence-electron chi connectivity index (χ3n) is 7.10. The van der Waals surface area contributed by atoms with Gasteiger partial charge in [-0.05, 0) is 94.5 Å². The van der Waals surface area contributed by atoms with E-state index in [2.05, 4.69) is 38.3 Å². The molecule has 0 aromatic heterocycles. The van der Waals surface area contributed by atoms with Crippen LogP contribution in [0.4, 0.5) is 0 Å². The number of unbranched alkanes of at least 4 members (excludes halogenated alkanes) is 2. The first-order valence-electron chi connectivity index (χ1n) is 11.6. The lowest BCUT2D eigenvalue weighted by molar-refractivity contribution is 0.149. The molecule has 25 heavy (non-hydrogen) atoms. The molecule has 148 valence electrons. The second-order valence-corrected chi connectivity index (χ2v) is 9.38. The fraction of sp³-hybridized carbons (Fsp3) is 1.00. The minimum absolute atomic E-state index is 0.792. The molecule has 6 atom stereocenters. The molecule has 2 fully saturated rings. The van der Waals surface area contributed by atoms with Crippen molar-refractivity contribution < 1.29 is 0 Å². The Morgan fingerprint density at radius 2 is 1.12 bits per heavy atom. The van der Waals surface area contributed by atoms with Crippen molar-refractivity contribution in [1.82, 2.24) is 10.6 Å². The summed E-state index contributed by atoms with van der Waals surface area (Å²) in [6.45, 7) is 12.0. The van der Waals surface area contributed by atoms with Gasteiger partial charge in [-0.25, -0.2) is 0 Å². The molecule has 0 heterocycles. The summed E-state index contributed by atoms with van der Waals surface area (Å²) >= 11 is 0. The van der Waals surface area contributed by atoms with Crippen molar-refractivity contribution in [2.75, 3.05) is 13.1 Å². The van der Waals surface area contributed by atoms with E-state index in [1.807, 2.05) is 0 Å². The van der Waals surface area contributed by atoms with Crippen LogP contribution in [0, 0.1) is 23.7 Å². The van der Waals surface area contributed by atoms with Gasteiger partial charge in [0.15, 0.2) is 0 Å². The standard InChI is InChI=1S/C23H46N2/c1-5-7-13-24-22-11-9-20(15-18(22)3)17-21-10-12-23(19(4)16-21)25-14-8-6-2/h18-25H,5-17H2,1-4H3. The minimum atomic E-state index is 0.792. The average Bonchev–Trinajstić information content (AvgIpc) is 2.59. The van der Waals surface area contributed by atoms with E-state index in [1.165, 1.54) is 83.7 Å². The zero-order valence-corrected chi connectivity index (χ0v) is 17.7. The molecular weight excluding hydrogens is 304 g/mol. The van der Waals surface area contributed by atoms with E-state index in [0.717, 1.165) is 35.8 Å². The predicted molar refractivity (Wildman–Crippen MR) is 111 cm³/mol. The van der Waals surface area contributed by atoms with E-state index in [1.54, 1.807) is 0 Å². The first kappa shape index (κ1) is 21.2. The second-order valence-electron chi connectivity index (χ2n) is 9.38. The molecular formula is C23H46N2. The van der Waals surface area contributed by atoms with Gasteiger partial charge in [-0.1, -0.05) is 40.5 Å². The highest BCUT2D eigenvalue weighted by Gasteiger charge is 2.32. The highest BCUT2D eigenvalue weighted by Crippen LogP contribution is 2.39. The molecule has 2 aliphatic carbocycles. The number of nitrogens with one attached hydrogen (secondary N) is 2. The van der Waals surface area contributed by atoms with Crippen molar-refractivity contribution >= 4 is 0 Å². The summed E-state index contributed by atoms with van der Waals surface area (Å²) in [4.78, 5) is 0. The quantitative estimate of drug-likeness (QED) is 0.489. The summed E-state index contributed by atoms with van der Waals surface area (Å²) < 4.78 is 0. The molecule has 0 radical (unpaired) electrons. The third kappa shape index (κ3) is 7.21. The van der Waals surface area contributed by atoms with Gasteiger partial charge in [0.2, 0.25) is 0 Å². The van der Waals surface area contributed by atoms with Gasteiger partial charge < -0.3 is 10.6 Å². The van der Waals surface area contributed by atoms with Gasteiger partial charge in [-0.2, -0.15) is 0 Å². The van der Waals surface area contributed by atoms with Gasteiger partial charge in [0.05, 0.1) is 0 Å². The summed E-state index contributed by atoms with van der Waals surface area (Å²) in [7, 11) is 0. The topological polar surface area (TPSA) is 24.1 Å². The maximum absolute atomic E-state index is 3.83. The Hall–Kier alpha value is -0.0800. The molecule has 0 aromatic rings. The number of hydrogen-bond donors (Lipinski definition) is 2. The van der Waals surface area contributed by atoms with E-state index in [9.17, 15) is 0 Å². The van der Waals surface area contributed by atoms with Gasteiger partial charge in [0, 0.05) is 12.1 Å². The summed E-state index contributed by atoms with van der Waals surface area (Å²) in [5.74, 6) is 3.75. The highest BCUT2D eigenvalue weighted by atomic mass is 14.9. The molecule has 0 spiro atoms. The zero-order valence-electron chi connectivity index (χ0n) is 17.7. The van der Waals surface area contributed by atoms with Crippen LogP contribution in [0.5, 0.6) is 0 Å². The summed E-state index contributed by atoms with van der Waals surface area (Å²) in [5.41, 5.74) is 0. The Morgan fingerprint density at radius 3 is 1.48 bits per heavy atom. The summed E-state index contributed by atoms with van der Waals surface area (Å²) in [6, 6.07) is 1.58. The first-order valence-corrected chi connectivity index (χ1v) is 11.6. The van der Waals surface area contributed by atoms with Crippen molar-refractivity contribution in [3.8, 4) is 0 Å². The van der Waals surface area contributed by atoms with Gasteiger partial charge >= 0.3 is 0 Å². The van der Waals surface area contributed by atoms with Crippen molar-refractivity contribution in [2.45, 2.75) is 110 Å². The van der Waals surface area contributed by atoms with Gasteiger partial charge in [0.25, 0.3) is 0 Å². The molecule has 0 aromatic carbocycles. The molecule has 2 N–H and O–H groups in total. The van der Waals surface area contributed by atoms with Crippen LogP contribution in [0.2, 0.25) is 0 Å². The van der Waals surface area contributed by atoms with Crippen LogP contribution in [0.25, 0.3) is 0 Å².